The van der Waals surface area contributed by atoms with Crippen molar-refractivity contribution in [2.75, 3.05) is 7.05 Å². The lowest BCUT2D eigenvalue weighted by molar-refractivity contribution is -0.150. The topological polar surface area (TPSA) is 122 Å². The monoisotopic (exact) mass is 252 g/mol. The fraction of sp³-hybridized carbons (Fsp3) is 0.400. The highest BCUT2D eigenvalue weighted by Gasteiger charge is 2.45. The van der Waals surface area contributed by atoms with E-state index in [1.807, 2.05) is 0 Å². The Kier molecular flexibility index (Phi) is 2.77. The molecule has 96 valence electrons. The van der Waals surface area contributed by atoms with Crippen molar-refractivity contribution in [1.82, 2.24) is 15.5 Å². The second kappa shape index (κ2) is 4.13. The maximum atomic E-state index is 11.9. The third-order valence-corrected chi connectivity index (χ3v) is 2.92. The van der Waals surface area contributed by atoms with Gasteiger partial charge in [0.2, 0.25) is 11.8 Å². The molecule has 0 spiro atoms. The van der Waals surface area contributed by atoms with Crippen LogP contribution in [0, 0.1) is 0 Å². The molecule has 0 aromatic heterocycles. The van der Waals surface area contributed by atoms with E-state index in [0.29, 0.717) is 0 Å². The first kappa shape index (κ1) is 12.1. The standard InChI is InChI=1S/C10H12N4O4/c1-12-7-6(11)9(17)14(10(7)18)4-2-3-5(15)13-8(4)16/h4,12H,2-3,11H2,1H3,(H,13,15,16). The first-order valence-electron chi connectivity index (χ1n) is 5.36. The molecule has 0 radical (unpaired) electrons. The number of carbonyl (C=O) groups is 4. The van der Waals surface area contributed by atoms with E-state index < -0.39 is 29.7 Å². The van der Waals surface area contributed by atoms with E-state index in [-0.39, 0.29) is 24.2 Å². The second-order valence-corrected chi connectivity index (χ2v) is 3.99. The van der Waals surface area contributed by atoms with Gasteiger partial charge in [0.1, 0.15) is 17.4 Å². The number of nitrogens with one attached hydrogen (secondary N) is 2. The van der Waals surface area contributed by atoms with Crippen molar-refractivity contribution in [1.29, 1.82) is 0 Å². The Morgan fingerprint density at radius 2 is 1.94 bits per heavy atom. The van der Waals surface area contributed by atoms with Gasteiger partial charge in [-0.1, -0.05) is 0 Å². The molecule has 4 N–H and O–H groups in total. The van der Waals surface area contributed by atoms with Crippen molar-refractivity contribution in [3.63, 3.8) is 0 Å². The molecule has 1 atom stereocenters. The smallest absolute Gasteiger partial charge is 0.279 e. The highest BCUT2D eigenvalue weighted by Crippen LogP contribution is 2.22. The van der Waals surface area contributed by atoms with Crippen LogP contribution in [-0.4, -0.2) is 41.6 Å². The molecule has 4 amide bonds. The lowest BCUT2D eigenvalue weighted by atomic mass is 10.0. The Morgan fingerprint density at radius 3 is 2.44 bits per heavy atom. The van der Waals surface area contributed by atoms with Gasteiger partial charge in [0.25, 0.3) is 11.8 Å². The molecule has 2 aliphatic heterocycles. The van der Waals surface area contributed by atoms with Gasteiger partial charge in [-0.3, -0.25) is 29.4 Å². The molecule has 1 fully saturated rings. The van der Waals surface area contributed by atoms with Crippen LogP contribution in [0.4, 0.5) is 0 Å². The number of carbonyl (C=O) groups excluding carboxylic acids is 4. The number of nitrogens with zero attached hydrogens (tertiary/aromatic N) is 1. The SMILES string of the molecule is CNC1=C(N)C(=O)N(C2CCC(=O)NC2=O)C1=O. The predicted octanol–water partition coefficient (Wildman–Crippen LogP) is -2.45. The fourth-order valence-electron chi connectivity index (χ4n) is 2.02. The lowest BCUT2D eigenvalue weighted by Gasteiger charge is -2.28. The zero-order chi connectivity index (χ0) is 13.4. The quantitative estimate of drug-likeness (QED) is 0.469. The summed E-state index contributed by atoms with van der Waals surface area (Å²) in [5, 5.41) is 4.62. The second-order valence-electron chi connectivity index (χ2n) is 3.99. The van der Waals surface area contributed by atoms with Gasteiger partial charge in [-0.2, -0.15) is 0 Å². The molecule has 8 heteroatoms. The molecular formula is C10H12N4O4. The number of imide groups is 2. The van der Waals surface area contributed by atoms with Crippen LogP contribution in [-0.2, 0) is 19.2 Å². The lowest BCUT2D eigenvalue weighted by Crippen LogP contribution is -2.55. The van der Waals surface area contributed by atoms with Crippen molar-refractivity contribution >= 4 is 23.6 Å². The Balaban J connectivity index is 2.27. The van der Waals surface area contributed by atoms with Gasteiger partial charge in [-0.15, -0.1) is 0 Å². The number of rotatable bonds is 2. The largest absolute Gasteiger partial charge is 0.392 e. The van der Waals surface area contributed by atoms with Crippen molar-refractivity contribution in [3.05, 3.63) is 11.4 Å². The molecule has 0 bridgehead atoms. The third-order valence-electron chi connectivity index (χ3n) is 2.92. The molecule has 2 aliphatic rings. The zero-order valence-electron chi connectivity index (χ0n) is 9.65. The number of hydrogen-bond donors (Lipinski definition) is 3. The van der Waals surface area contributed by atoms with E-state index in [1.54, 1.807) is 0 Å². The summed E-state index contributed by atoms with van der Waals surface area (Å²) in [6, 6.07) is -0.980. The van der Waals surface area contributed by atoms with Crippen LogP contribution in [0.3, 0.4) is 0 Å². The summed E-state index contributed by atoms with van der Waals surface area (Å²) >= 11 is 0. The molecule has 0 aromatic carbocycles. The normalized spacial score (nSPS) is 24.7. The first-order chi connectivity index (χ1) is 8.47. The molecular weight excluding hydrogens is 240 g/mol. The summed E-state index contributed by atoms with van der Waals surface area (Å²) in [6.07, 6.45) is 0.203. The Bertz CT molecular complexity index is 496. The molecule has 1 unspecified atom stereocenters. The van der Waals surface area contributed by atoms with Crippen LogP contribution in [0.5, 0.6) is 0 Å². The molecule has 8 nitrogen and oxygen atoms in total. The number of piperidine rings is 1. The van der Waals surface area contributed by atoms with Crippen molar-refractivity contribution < 1.29 is 19.2 Å². The molecule has 0 aliphatic carbocycles. The minimum absolute atomic E-state index is 0.0234. The summed E-state index contributed by atoms with van der Waals surface area (Å²) in [7, 11) is 1.46. The average Bonchev–Trinajstić information content (AvgIpc) is 2.52. The van der Waals surface area contributed by atoms with E-state index in [0.717, 1.165) is 4.90 Å². The number of amides is 4. The predicted molar refractivity (Wildman–Crippen MR) is 58.3 cm³/mol. The Morgan fingerprint density at radius 1 is 1.28 bits per heavy atom. The van der Waals surface area contributed by atoms with Crippen molar-refractivity contribution in [2.45, 2.75) is 18.9 Å². The van der Waals surface area contributed by atoms with E-state index >= 15 is 0 Å². The summed E-state index contributed by atoms with van der Waals surface area (Å²) < 4.78 is 0. The molecule has 2 heterocycles. The van der Waals surface area contributed by atoms with Crippen molar-refractivity contribution in [3.8, 4) is 0 Å². The van der Waals surface area contributed by atoms with E-state index in [9.17, 15) is 19.2 Å². The molecule has 0 saturated carbocycles. The summed E-state index contributed by atoms with van der Waals surface area (Å²) in [4.78, 5) is 47.2. The maximum Gasteiger partial charge on any atom is 0.279 e. The molecule has 1 saturated heterocycles. The van der Waals surface area contributed by atoms with Gasteiger partial charge in [-0.05, 0) is 6.42 Å². The minimum Gasteiger partial charge on any atom is -0.392 e. The van der Waals surface area contributed by atoms with Gasteiger partial charge in [-0.25, -0.2) is 0 Å². The van der Waals surface area contributed by atoms with E-state index in [2.05, 4.69) is 10.6 Å². The summed E-state index contributed by atoms with van der Waals surface area (Å²) in [6.45, 7) is 0. The summed E-state index contributed by atoms with van der Waals surface area (Å²) in [5.41, 5.74) is 5.26. The maximum absolute atomic E-state index is 11.9. The first-order valence-corrected chi connectivity index (χ1v) is 5.36. The van der Waals surface area contributed by atoms with E-state index in [1.165, 1.54) is 7.05 Å². The highest BCUT2D eigenvalue weighted by atomic mass is 16.2. The van der Waals surface area contributed by atoms with Gasteiger partial charge in [0.05, 0.1) is 0 Å². The van der Waals surface area contributed by atoms with Gasteiger partial charge in [0.15, 0.2) is 0 Å². The fourth-order valence-corrected chi connectivity index (χ4v) is 2.02. The minimum atomic E-state index is -0.980. The molecule has 18 heavy (non-hydrogen) atoms. The Hall–Kier alpha value is -2.38. The van der Waals surface area contributed by atoms with Crippen molar-refractivity contribution in [2.24, 2.45) is 5.73 Å². The van der Waals surface area contributed by atoms with Gasteiger partial charge < -0.3 is 11.1 Å². The van der Waals surface area contributed by atoms with Crippen LogP contribution in [0.15, 0.2) is 11.4 Å². The average molecular weight is 252 g/mol. The number of likely N-dealkylation sites (N-methyl/N-ethyl adjacent to an activating group) is 1. The van der Waals surface area contributed by atoms with Gasteiger partial charge in [0, 0.05) is 13.5 Å². The van der Waals surface area contributed by atoms with Crippen LogP contribution in [0.2, 0.25) is 0 Å². The van der Waals surface area contributed by atoms with Crippen LogP contribution in [0.1, 0.15) is 12.8 Å². The molecule has 0 aromatic rings. The third kappa shape index (κ3) is 1.62. The van der Waals surface area contributed by atoms with Crippen LogP contribution in [0.25, 0.3) is 0 Å². The van der Waals surface area contributed by atoms with E-state index in [4.69, 9.17) is 5.73 Å². The Labute approximate surface area is 102 Å². The van der Waals surface area contributed by atoms with Crippen LogP contribution < -0.4 is 16.4 Å². The number of hydrogen-bond acceptors (Lipinski definition) is 6. The van der Waals surface area contributed by atoms with Crippen LogP contribution >= 0.6 is 0 Å². The highest BCUT2D eigenvalue weighted by molar-refractivity contribution is 6.20. The number of nitrogens with two attached hydrogens (primary N) is 1. The molecule has 2 rings (SSSR count). The summed E-state index contributed by atoms with van der Waals surface area (Å²) in [5.74, 6) is -2.42. The van der Waals surface area contributed by atoms with Gasteiger partial charge >= 0.3 is 0 Å². The zero-order valence-corrected chi connectivity index (χ0v) is 9.65.